The third-order valence-electron chi connectivity index (χ3n) is 6.35. The smallest absolute Gasteiger partial charge is 0.220 e. The maximum Gasteiger partial charge on any atom is 0.220 e. The fraction of sp³-hybridized carbons (Fsp3) is 0.619. The zero-order valence-electron chi connectivity index (χ0n) is 16.9. The molecule has 2 saturated heterocycles. The number of carbonyl (C=O) groups is 1. The van der Waals surface area contributed by atoms with E-state index in [0.717, 1.165) is 57.9 Å². The van der Waals surface area contributed by atoms with Gasteiger partial charge in [0.05, 0.1) is 0 Å². The first-order valence-corrected chi connectivity index (χ1v) is 10.2. The molecule has 1 aromatic carbocycles. The molecule has 3 aliphatic heterocycles. The summed E-state index contributed by atoms with van der Waals surface area (Å²) in [4.78, 5) is 21.1. The molecule has 1 spiro atoms. The Morgan fingerprint density at radius 2 is 2.21 bits per heavy atom. The van der Waals surface area contributed by atoms with E-state index in [2.05, 4.69) is 56.6 Å². The third-order valence-corrected chi connectivity index (χ3v) is 6.35. The molecule has 28 heavy (non-hydrogen) atoms. The number of halogens is 1. The topological polar surface area (TPSA) is 60.0 Å². The number of anilines is 1. The Balaban J connectivity index is 0.00000225. The van der Waals surface area contributed by atoms with Crippen LogP contribution in [0.5, 0.6) is 0 Å². The molecule has 2 N–H and O–H groups in total. The minimum Gasteiger partial charge on any atom is -0.367 e. The SMILES string of the molecule is CN=C(NCCN1c2ccccc2CC1C)N1CCCC2(CNC(=O)C2)C1.I. The van der Waals surface area contributed by atoms with E-state index in [1.165, 1.54) is 11.3 Å². The summed E-state index contributed by atoms with van der Waals surface area (Å²) < 4.78 is 0. The van der Waals surface area contributed by atoms with E-state index >= 15 is 0 Å². The van der Waals surface area contributed by atoms with Crippen LogP contribution in [-0.2, 0) is 11.2 Å². The first-order chi connectivity index (χ1) is 13.1. The number of hydrogen-bond donors (Lipinski definition) is 2. The van der Waals surface area contributed by atoms with Gasteiger partial charge in [-0.25, -0.2) is 0 Å². The number of aliphatic imine (C=N–C) groups is 1. The molecule has 0 bridgehead atoms. The molecule has 0 aliphatic carbocycles. The second-order valence-electron chi connectivity index (χ2n) is 8.33. The van der Waals surface area contributed by atoms with Crippen molar-refractivity contribution < 1.29 is 4.79 Å². The molecule has 3 aliphatic rings. The first kappa shape index (κ1) is 21.2. The summed E-state index contributed by atoms with van der Waals surface area (Å²) in [7, 11) is 1.86. The summed E-state index contributed by atoms with van der Waals surface area (Å²) in [5.41, 5.74) is 2.91. The van der Waals surface area contributed by atoms with Crippen LogP contribution in [0, 0.1) is 5.41 Å². The molecule has 154 valence electrons. The largest absolute Gasteiger partial charge is 0.367 e. The van der Waals surface area contributed by atoms with Crippen LogP contribution in [0.25, 0.3) is 0 Å². The Morgan fingerprint density at radius 3 is 2.96 bits per heavy atom. The monoisotopic (exact) mass is 497 g/mol. The van der Waals surface area contributed by atoms with E-state index in [0.29, 0.717) is 12.5 Å². The summed E-state index contributed by atoms with van der Waals surface area (Å²) in [6.45, 7) is 6.86. The Hall–Kier alpha value is -1.51. The van der Waals surface area contributed by atoms with Crippen LogP contribution in [0.2, 0.25) is 0 Å². The molecule has 7 heteroatoms. The number of para-hydroxylation sites is 1. The van der Waals surface area contributed by atoms with Gasteiger partial charge in [0.1, 0.15) is 0 Å². The number of amides is 1. The molecule has 4 rings (SSSR count). The molecule has 1 amide bonds. The van der Waals surface area contributed by atoms with Crippen molar-refractivity contribution in [1.82, 2.24) is 15.5 Å². The van der Waals surface area contributed by atoms with Gasteiger partial charge >= 0.3 is 0 Å². The van der Waals surface area contributed by atoms with Crippen molar-refractivity contribution in [3.63, 3.8) is 0 Å². The lowest BCUT2D eigenvalue weighted by Gasteiger charge is -2.41. The van der Waals surface area contributed by atoms with Crippen LogP contribution in [0.4, 0.5) is 5.69 Å². The molecule has 2 unspecified atom stereocenters. The maximum atomic E-state index is 11.7. The van der Waals surface area contributed by atoms with Gasteiger partial charge < -0.3 is 20.4 Å². The number of likely N-dealkylation sites (tertiary alicyclic amines) is 1. The van der Waals surface area contributed by atoms with Gasteiger partial charge in [0.15, 0.2) is 5.96 Å². The van der Waals surface area contributed by atoms with E-state index in [4.69, 9.17) is 0 Å². The molecule has 1 aromatic rings. The van der Waals surface area contributed by atoms with E-state index in [9.17, 15) is 4.79 Å². The van der Waals surface area contributed by atoms with E-state index in [-0.39, 0.29) is 35.3 Å². The fourth-order valence-corrected chi connectivity index (χ4v) is 5.02. The number of hydrogen-bond acceptors (Lipinski definition) is 3. The molecular formula is C21H32IN5O. The minimum atomic E-state index is 0. The Labute approximate surface area is 185 Å². The quantitative estimate of drug-likeness (QED) is 0.382. The highest BCUT2D eigenvalue weighted by molar-refractivity contribution is 14.0. The van der Waals surface area contributed by atoms with E-state index in [1.807, 2.05) is 7.05 Å². The predicted octanol–water partition coefficient (Wildman–Crippen LogP) is 2.23. The lowest BCUT2D eigenvalue weighted by Crippen LogP contribution is -2.52. The summed E-state index contributed by atoms with van der Waals surface area (Å²) in [5, 5.41) is 6.58. The van der Waals surface area contributed by atoms with Gasteiger partial charge in [0.2, 0.25) is 5.91 Å². The van der Waals surface area contributed by atoms with Crippen LogP contribution >= 0.6 is 24.0 Å². The molecule has 2 atom stereocenters. The minimum absolute atomic E-state index is 0. The number of piperidine rings is 1. The first-order valence-electron chi connectivity index (χ1n) is 10.2. The molecule has 6 nitrogen and oxygen atoms in total. The Morgan fingerprint density at radius 1 is 1.39 bits per heavy atom. The van der Waals surface area contributed by atoms with Crippen molar-refractivity contribution in [2.45, 2.75) is 38.6 Å². The van der Waals surface area contributed by atoms with Crippen LogP contribution in [0.1, 0.15) is 31.7 Å². The number of nitrogens with zero attached hydrogens (tertiary/aromatic N) is 3. The van der Waals surface area contributed by atoms with Crippen molar-refractivity contribution in [2.24, 2.45) is 10.4 Å². The van der Waals surface area contributed by atoms with E-state index < -0.39 is 0 Å². The third kappa shape index (κ3) is 4.23. The van der Waals surface area contributed by atoms with Crippen molar-refractivity contribution in [2.75, 3.05) is 44.7 Å². The molecule has 0 radical (unpaired) electrons. The average molecular weight is 497 g/mol. The normalized spacial score (nSPS) is 26.9. The zero-order valence-corrected chi connectivity index (χ0v) is 19.2. The Kier molecular flexibility index (Phi) is 6.73. The van der Waals surface area contributed by atoms with Gasteiger partial charge in [-0.05, 0) is 37.8 Å². The highest BCUT2D eigenvalue weighted by Crippen LogP contribution is 2.36. The van der Waals surface area contributed by atoms with Gasteiger partial charge in [-0.3, -0.25) is 9.79 Å². The Bertz CT molecular complexity index is 739. The second kappa shape index (κ2) is 8.88. The summed E-state index contributed by atoms with van der Waals surface area (Å²) in [5.74, 6) is 1.16. The molecule has 0 aromatic heterocycles. The summed E-state index contributed by atoms with van der Waals surface area (Å²) >= 11 is 0. The van der Waals surface area contributed by atoms with Gasteiger partial charge in [-0.15, -0.1) is 24.0 Å². The number of guanidine groups is 1. The van der Waals surface area contributed by atoms with Gasteiger partial charge in [-0.1, -0.05) is 18.2 Å². The fourth-order valence-electron chi connectivity index (χ4n) is 5.02. The van der Waals surface area contributed by atoms with E-state index in [1.54, 1.807) is 0 Å². The van der Waals surface area contributed by atoms with Crippen molar-refractivity contribution >= 4 is 41.5 Å². The lowest BCUT2D eigenvalue weighted by molar-refractivity contribution is -0.119. The standard InChI is InChI=1S/C21H31N5O.HI/c1-16-12-17-6-3-4-7-18(17)26(16)11-9-23-20(22-2)25-10-5-8-21(15-25)13-19(27)24-14-21;/h3-4,6-7,16H,5,8-15H2,1-2H3,(H,22,23)(H,24,27);1H. The van der Waals surface area contributed by atoms with Crippen LogP contribution in [0.15, 0.2) is 29.3 Å². The predicted molar refractivity (Wildman–Crippen MR) is 125 cm³/mol. The van der Waals surface area contributed by atoms with Gasteiger partial charge in [0, 0.05) is 63.3 Å². The average Bonchev–Trinajstić information content (AvgIpc) is 3.18. The molecule has 2 fully saturated rings. The summed E-state index contributed by atoms with van der Waals surface area (Å²) in [6.07, 6.45) is 4.02. The van der Waals surface area contributed by atoms with Crippen molar-refractivity contribution in [3.05, 3.63) is 29.8 Å². The van der Waals surface area contributed by atoms with Gasteiger partial charge in [-0.2, -0.15) is 0 Å². The number of nitrogens with one attached hydrogen (secondary N) is 2. The summed E-state index contributed by atoms with van der Waals surface area (Å²) in [6, 6.07) is 9.26. The molecule has 0 saturated carbocycles. The number of rotatable bonds is 3. The highest BCUT2D eigenvalue weighted by Gasteiger charge is 2.42. The van der Waals surface area contributed by atoms with Gasteiger partial charge in [0.25, 0.3) is 0 Å². The lowest BCUT2D eigenvalue weighted by atomic mass is 9.79. The second-order valence-corrected chi connectivity index (χ2v) is 8.33. The van der Waals surface area contributed by atoms with Crippen molar-refractivity contribution in [3.8, 4) is 0 Å². The van der Waals surface area contributed by atoms with Crippen LogP contribution < -0.4 is 15.5 Å². The van der Waals surface area contributed by atoms with Crippen molar-refractivity contribution in [1.29, 1.82) is 0 Å². The molecule has 3 heterocycles. The molecular weight excluding hydrogens is 465 g/mol. The zero-order chi connectivity index (χ0) is 18.9. The number of carbonyl (C=O) groups excluding carboxylic acids is 1. The number of benzene rings is 1. The maximum absolute atomic E-state index is 11.7. The van der Waals surface area contributed by atoms with Crippen LogP contribution in [0.3, 0.4) is 0 Å². The van der Waals surface area contributed by atoms with Crippen LogP contribution in [-0.4, -0.2) is 62.6 Å². The highest BCUT2D eigenvalue weighted by atomic mass is 127. The number of fused-ring (bicyclic) bond motifs is 1.